The summed E-state index contributed by atoms with van der Waals surface area (Å²) in [6, 6.07) is 7.37. The molecule has 1 heterocycles. The van der Waals surface area contributed by atoms with Gasteiger partial charge in [0, 0.05) is 12.6 Å². The van der Waals surface area contributed by atoms with Gasteiger partial charge in [-0.05, 0) is 18.2 Å². The van der Waals surface area contributed by atoms with Crippen LogP contribution in [0.25, 0.3) is 10.2 Å². The lowest BCUT2D eigenvalue weighted by atomic mass is 10.2. The molecule has 122 valence electrons. The summed E-state index contributed by atoms with van der Waals surface area (Å²) in [5, 5.41) is 0. The van der Waals surface area contributed by atoms with E-state index in [1.54, 1.807) is 0 Å². The van der Waals surface area contributed by atoms with Crippen LogP contribution in [-0.4, -0.2) is 10.5 Å². The number of benzene rings is 2. The average Bonchev–Trinajstić information content (AvgIpc) is 2.85. The molecule has 0 bridgehead atoms. The van der Waals surface area contributed by atoms with E-state index >= 15 is 0 Å². The quantitative estimate of drug-likeness (QED) is 0.658. The molecule has 0 saturated heterocycles. The number of aromatic nitrogens is 1. The first-order valence-corrected chi connectivity index (χ1v) is 7.76. The molecule has 0 saturated carbocycles. The summed E-state index contributed by atoms with van der Waals surface area (Å²) in [6.45, 7) is 3.76. The molecule has 2 aromatic carbocycles. The molecule has 3 rings (SSSR count). The molecule has 0 fully saturated rings. The van der Waals surface area contributed by atoms with Crippen molar-refractivity contribution in [2.24, 2.45) is 4.99 Å². The van der Waals surface area contributed by atoms with Crippen molar-refractivity contribution < 1.29 is 18.0 Å². The summed E-state index contributed by atoms with van der Waals surface area (Å²) < 4.78 is 42.9. The molecule has 0 N–H and O–H groups in total. The van der Waals surface area contributed by atoms with Crippen molar-refractivity contribution in [2.75, 3.05) is 0 Å². The number of halogens is 3. The number of amides is 1. The Balaban J connectivity index is 2.23. The number of allylic oxidation sites excluding steroid dienone is 1. The zero-order valence-electron chi connectivity index (χ0n) is 12.3. The molecular formula is C17H11F3N2OS. The third kappa shape index (κ3) is 2.90. The molecule has 3 aromatic rings. The van der Waals surface area contributed by atoms with E-state index in [1.807, 2.05) is 0 Å². The molecule has 0 atom stereocenters. The number of nitrogens with zero attached hydrogens (tertiary/aromatic N) is 2. The van der Waals surface area contributed by atoms with Crippen molar-refractivity contribution in [1.82, 2.24) is 4.57 Å². The first-order valence-electron chi connectivity index (χ1n) is 6.94. The zero-order valence-corrected chi connectivity index (χ0v) is 13.1. The maximum Gasteiger partial charge on any atom is 0.282 e. The van der Waals surface area contributed by atoms with E-state index in [9.17, 15) is 18.0 Å². The topological polar surface area (TPSA) is 34.4 Å². The summed E-state index contributed by atoms with van der Waals surface area (Å²) in [6.07, 6.45) is 1.50. The van der Waals surface area contributed by atoms with E-state index in [1.165, 1.54) is 28.8 Å². The summed E-state index contributed by atoms with van der Waals surface area (Å²) in [5.74, 6) is -2.97. The van der Waals surface area contributed by atoms with Gasteiger partial charge in [0.2, 0.25) is 0 Å². The highest BCUT2D eigenvalue weighted by Crippen LogP contribution is 2.22. The minimum Gasteiger partial charge on any atom is -0.310 e. The van der Waals surface area contributed by atoms with Gasteiger partial charge in [0.1, 0.15) is 11.6 Å². The number of hydrogen-bond donors (Lipinski definition) is 0. The monoisotopic (exact) mass is 348 g/mol. The van der Waals surface area contributed by atoms with Crippen LogP contribution in [0.1, 0.15) is 10.4 Å². The minimum atomic E-state index is -0.793. The second-order valence-electron chi connectivity index (χ2n) is 4.92. The first kappa shape index (κ1) is 16.2. The van der Waals surface area contributed by atoms with Crippen molar-refractivity contribution in [3.05, 3.63) is 76.9 Å². The maximum atomic E-state index is 14.1. The van der Waals surface area contributed by atoms with Crippen LogP contribution >= 0.6 is 11.3 Å². The van der Waals surface area contributed by atoms with Gasteiger partial charge in [0.15, 0.2) is 10.6 Å². The predicted octanol–water partition coefficient (Wildman–Crippen LogP) is 4.05. The number of fused-ring (bicyclic) bond motifs is 1. The number of carbonyl (C=O) groups is 1. The van der Waals surface area contributed by atoms with Gasteiger partial charge in [-0.1, -0.05) is 29.5 Å². The van der Waals surface area contributed by atoms with E-state index in [-0.39, 0.29) is 22.4 Å². The first-order chi connectivity index (χ1) is 11.5. The Hall–Kier alpha value is -2.67. The molecule has 0 unspecified atom stereocenters. The lowest BCUT2D eigenvalue weighted by molar-refractivity contribution is 0.0994. The summed E-state index contributed by atoms with van der Waals surface area (Å²) in [7, 11) is 0. The SMILES string of the molecule is C=CCn1c(=NC(=O)c2ccccc2F)sc2cc(F)cc(F)c21. The highest BCUT2D eigenvalue weighted by Gasteiger charge is 2.15. The van der Waals surface area contributed by atoms with Crippen molar-refractivity contribution in [3.8, 4) is 0 Å². The molecular weight excluding hydrogens is 337 g/mol. The number of thiazole rings is 1. The van der Waals surface area contributed by atoms with Crippen molar-refractivity contribution in [2.45, 2.75) is 6.54 Å². The van der Waals surface area contributed by atoms with Gasteiger partial charge in [-0.3, -0.25) is 4.79 Å². The molecule has 0 aliphatic carbocycles. The van der Waals surface area contributed by atoms with Crippen LogP contribution in [-0.2, 0) is 6.54 Å². The van der Waals surface area contributed by atoms with Gasteiger partial charge >= 0.3 is 0 Å². The summed E-state index contributed by atoms with van der Waals surface area (Å²) in [5.41, 5.74) is -0.0619. The third-order valence-electron chi connectivity index (χ3n) is 3.31. The average molecular weight is 348 g/mol. The molecule has 24 heavy (non-hydrogen) atoms. The molecule has 0 aliphatic heterocycles. The largest absolute Gasteiger partial charge is 0.310 e. The van der Waals surface area contributed by atoms with Crippen LogP contribution in [0, 0.1) is 17.5 Å². The van der Waals surface area contributed by atoms with E-state index in [4.69, 9.17) is 0 Å². The van der Waals surface area contributed by atoms with Gasteiger partial charge in [0.25, 0.3) is 5.91 Å². The fourth-order valence-electron chi connectivity index (χ4n) is 2.29. The smallest absolute Gasteiger partial charge is 0.282 e. The van der Waals surface area contributed by atoms with E-state index in [0.29, 0.717) is 4.70 Å². The zero-order chi connectivity index (χ0) is 17.3. The molecule has 7 heteroatoms. The van der Waals surface area contributed by atoms with Crippen molar-refractivity contribution in [3.63, 3.8) is 0 Å². The van der Waals surface area contributed by atoms with E-state index in [0.717, 1.165) is 29.5 Å². The number of carbonyl (C=O) groups excluding carboxylic acids is 1. The van der Waals surface area contributed by atoms with Crippen LogP contribution in [0.4, 0.5) is 13.2 Å². The molecule has 3 nitrogen and oxygen atoms in total. The van der Waals surface area contributed by atoms with E-state index in [2.05, 4.69) is 11.6 Å². The number of hydrogen-bond acceptors (Lipinski definition) is 2. The van der Waals surface area contributed by atoms with Gasteiger partial charge in [0.05, 0.1) is 15.8 Å². The lowest BCUT2D eigenvalue weighted by Gasteiger charge is -2.02. The van der Waals surface area contributed by atoms with E-state index < -0.39 is 23.4 Å². The Morgan fingerprint density at radius 1 is 1.21 bits per heavy atom. The highest BCUT2D eigenvalue weighted by molar-refractivity contribution is 7.16. The van der Waals surface area contributed by atoms with Gasteiger partial charge < -0.3 is 4.57 Å². The highest BCUT2D eigenvalue weighted by atomic mass is 32.1. The fraction of sp³-hybridized carbons (Fsp3) is 0.0588. The third-order valence-corrected chi connectivity index (χ3v) is 4.33. The standard InChI is InChI=1S/C17H11F3N2OS/c1-2-7-22-15-13(20)8-10(18)9-14(15)24-17(22)21-16(23)11-5-3-4-6-12(11)19/h2-6,8-9H,1,7H2. The molecule has 1 aromatic heterocycles. The molecule has 1 amide bonds. The normalized spacial score (nSPS) is 11.9. The van der Waals surface area contributed by atoms with Crippen LogP contribution in [0.15, 0.2) is 54.0 Å². The Kier molecular flexibility index (Phi) is 4.35. The van der Waals surface area contributed by atoms with Crippen LogP contribution < -0.4 is 4.80 Å². The van der Waals surface area contributed by atoms with Crippen LogP contribution in [0.5, 0.6) is 0 Å². The summed E-state index contributed by atoms with van der Waals surface area (Å²) >= 11 is 0.946. The Labute approximate surface area is 139 Å². The summed E-state index contributed by atoms with van der Waals surface area (Å²) in [4.78, 5) is 16.2. The number of rotatable bonds is 3. The van der Waals surface area contributed by atoms with Gasteiger partial charge in [-0.2, -0.15) is 4.99 Å². The van der Waals surface area contributed by atoms with Gasteiger partial charge in [-0.25, -0.2) is 13.2 Å². The van der Waals surface area contributed by atoms with Crippen LogP contribution in [0.2, 0.25) is 0 Å². The second kappa shape index (κ2) is 6.45. The Morgan fingerprint density at radius 2 is 1.96 bits per heavy atom. The Morgan fingerprint density at radius 3 is 2.67 bits per heavy atom. The predicted molar refractivity (Wildman–Crippen MR) is 86.2 cm³/mol. The molecule has 0 radical (unpaired) electrons. The maximum absolute atomic E-state index is 14.1. The fourth-order valence-corrected chi connectivity index (χ4v) is 3.37. The van der Waals surface area contributed by atoms with Crippen molar-refractivity contribution in [1.29, 1.82) is 0 Å². The molecule has 0 aliphatic rings. The second-order valence-corrected chi connectivity index (χ2v) is 5.92. The Bertz CT molecular complexity index is 1020. The minimum absolute atomic E-state index is 0.126. The van der Waals surface area contributed by atoms with Gasteiger partial charge in [-0.15, -0.1) is 6.58 Å². The lowest BCUT2D eigenvalue weighted by Crippen LogP contribution is -2.17. The van der Waals surface area contributed by atoms with Crippen LogP contribution in [0.3, 0.4) is 0 Å². The molecule has 0 spiro atoms. The van der Waals surface area contributed by atoms with Crippen molar-refractivity contribution >= 4 is 27.5 Å².